The van der Waals surface area contributed by atoms with Gasteiger partial charge in [0.2, 0.25) is 0 Å². The standard InChI is InChI=1S/C13H17BrO/c1-3-11(9-14)8-12-6-4-5-7-13(12)10-15-2/h4-8H,3,9-10H2,1-2H3. The molecule has 0 N–H and O–H groups in total. The summed E-state index contributed by atoms with van der Waals surface area (Å²) < 4.78 is 5.18. The van der Waals surface area contributed by atoms with Crippen molar-refractivity contribution < 1.29 is 4.74 Å². The minimum Gasteiger partial charge on any atom is -0.380 e. The summed E-state index contributed by atoms with van der Waals surface area (Å²) in [6, 6.07) is 8.35. The van der Waals surface area contributed by atoms with E-state index in [1.807, 2.05) is 6.07 Å². The van der Waals surface area contributed by atoms with Gasteiger partial charge in [-0.2, -0.15) is 0 Å². The maximum Gasteiger partial charge on any atom is 0.0718 e. The predicted molar refractivity (Wildman–Crippen MR) is 69.2 cm³/mol. The first-order valence-electron chi connectivity index (χ1n) is 5.14. The molecular weight excluding hydrogens is 252 g/mol. The van der Waals surface area contributed by atoms with E-state index in [0.717, 1.165) is 11.8 Å². The zero-order valence-corrected chi connectivity index (χ0v) is 10.9. The second-order valence-corrected chi connectivity index (χ2v) is 3.98. The van der Waals surface area contributed by atoms with E-state index in [1.54, 1.807) is 7.11 Å². The van der Waals surface area contributed by atoms with Crippen molar-refractivity contribution in [3.63, 3.8) is 0 Å². The SMILES string of the molecule is CCC(=Cc1ccccc1COC)CBr. The number of ether oxygens (including phenoxy) is 1. The number of halogens is 1. The van der Waals surface area contributed by atoms with Crippen LogP contribution < -0.4 is 0 Å². The van der Waals surface area contributed by atoms with Crippen LogP contribution in [-0.4, -0.2) is 12.4 Å². The number of hydrogen-bond acceptors (Lipinski definition) is 1. The van der Waals surface area contributed by atoms with Crippen molar-refractivity contribution in [1.82, 2.24) is 0 Å². The fourth-order valence-electron chi connectivity index (χ4n) is 1.42. The first-order valence-corrected chi connectivity index (χ1v) is 6.26. The first kappa shape index (κ1) is 12.5. The third-order valence-corrected chi connectivity index (χ3v) is 3.06. The van der Waals surface area contributed by atoms with Crippen molar-refractivity contribution in [2.24, 2.45) is 0 Å². The summed E-state index contributed by atoms with van der Waals surface area (Å²) in [5.41, 5.74) is 3.90. The fraction of sp³-hybridized carbons (Fsp3) is 0.385. The van der Waals surface area contributed by atoms with E-state index < -0.39 is 0 Å². The molecular formula is C13H17BrO. The van der Waals surface area contributed by atoms with Gasteiger partial charge >= 0.3 is 0 Å². The smallest absolute Gasteiger partial charge is 0.0718 e. The van der Waals surface area contributed by atoms with Crippen LogP contribution in [0.4, 0.5) is 0 Å². The molecule has 15 heavy (non-hydrogen) atoms. The summed E-state index contributed by atoms with van der Waals surface area (Å²) in [5.74, 6) is 0. The van der Waals surface area contributed by atoms with E-state index in [9.17, 15) is 0 Å². The van der Waals surface area contributed by atoms with Gasteiger partial charge in [0.25, 0.3) is 0 Å². The summed E-state index contributed by atoms with van der Waals surface area (Å²) in [6.07, 6.45) is 3.32. The van der Waals surface area contributed by atoms with E-state index in [0.29, 0.717) is 6.61 Å². The van der Waals surface area contributed by atoms with Crippen molar-refractivity contribution in [2.45, 2.75) is 20.0 Å². The second-order valence-electron chi connectivity index (χ2n) is 3.42. The molecule has 0 saturated carbocycles. The lowest BCUT2D eigenvalue weighted by atomic mass is 10.0. The molecule has 1 rings (SSSR count). The molecule has 0 atom stereocenters. The van der Waals surface area contributed by atoms with Gasteiger partial charge in [-0.05, 0) is 17.5 Å². The van der Waals surface area contributed by atoms with Crippen LogP contribution in [0.1, 0.15) is 24.5 Å². The molecule has 0 aliphatic rings. The molecule has 0 radical (unpaired) electrons. The number of benzene rings is 1. The van der Waals surface area contributed by atoms with Crippen molar-refractivity contribution in [1.29, 1.82) is 0 Å². The van der Waals surface area contributed by atoms with Gasteiger partial charge < -0.3 is 4.74 Å². The molecule has 0 fully saturated rings. The molecule has 0 bridgehead atoms. The van der Waals surface area contributed by atoms with Crippen molar-refractivity contribution >= 4 is 22.0 Å². The van der Waals surface area contributed by atoms with Crippen molar-refractivity contribution in [3.8, 4) is 0 Å². The first-order chi connectivity index (χ1) is 7.31. The Morgan fingerprint density at radius 3 is 2.73 bits per heavy atom. The highest BCUT2D eigenvalue weighted by Gasteiger charge is 1.99. The molecule has 0 amide bonds. The van der Waals surface area contributed by atoms with Crippen LogP contribution in [0.3, 0.4) is 0 Å². The Bertz CT molecular complexity index is 325. The molecule has 2 heteroatoms. The molecule has 0 aliphatic carbocycles. The summed E-state index contributed by atoms with van der Waals surface area (Å²) in [5, 5.41) is 0.935. The van der Waals surface area contributed by atoms with Gasteiger partial charge in [0, 0.05) is 12.4 Å². The summed E-state index contributed by atoms with van der Waals surface area (Å²) >= 11 is 3.50. The van der Waals surface area contributed by atoms with Crippen LogP contribution in [0.25, 0.3) is 6.08 Å². The topological polar surface area (TPSA) is 9.23 Å². The lowest BCUT2D eigenvalue weighted by molar-refractivity contribution is 0.184. The minimum absolute atomic E-state index is 0.673. The van der Waals surface area contributed by atoms with Crippen LogP contribution in [0.5, 0.6) is 0 Å². The Kier molecular flexibility index (Phi) is 5.66. The number of rotatable bonds is 5. The third-order valence-electron chi connectivity index (χ3n) is 2.34. The molecule has 0 saturated heterocycles. The molecule has 0 heterocycles. The van der Waals surface area contributed by atoms with Crippen LogP contribution in [0.2, 0.25) is 0 Å². The van der Waals surface area contributed by atoms with Crippen LogP contribution in [-0.2, 0) is 11.3 Å². The lowest BCUT2D eigenvalue weighted by Crippen LogP contribution is -1.92. The largest absolute Gasteiger partial charge is 0.380 e. The third kappa shape index (κ3) is 3.80. The summed E-state index contributed by atoms with van der Waals surface area (Å²) in [4.78, 5) is 0. The zero-order chi connectivity index (χ0) is 11.1. The average Bonchev–Trinajstić information content (AvgIpc) is 2.28. The molecule has 1 aromatic rings. The van der Waals surface area contributed by atoms with E-state index in [2.05, 4.69) is 47.1 Å². The molecule has 82 valence electrons. The quantitative estimate of drug-likeness (QED) is 0.733. The van der Waals surface area contributed by atoms with Crippen molar-refractivity contribution in [3.05, 3.63) is 41.0 Å². The Balaban J connectivity index is 2.96. The van der Waals surface area contributed by atoms with Gasteiger partial charge in [0.05, 0.1) is 6.61 Å². The highest BCUT2D eigenvalue weighted by Crippen LogP contribution is 2.16. The van der Waals surface area contributed by atoms with E-state index >= 15 is 0 Å². The van der Waals surface area contributed by atoms with Crippen LogP contribution in [0, 0.1) is 0 Å². The van der Waals surface area contributed by atoms with Gasteiger partial charge in [-0.3, -0.25) is 0 Å². The Morgan fingerprint density at radius 1 is 1.40 bits per heavy atom. The van der Waals surface area contributed by atoms with Crippen molar-refractivity contribution in [2.75, 3.05) is 12.4 Å². The van der Waals surface area contributed by atoms with Crippen LogP contribution in [0.15, 0.2) is 29.8 Å². The fourth-order valence-corrected chi connectivity index (χ4v) is 1.98. The lowest BCUT2D eigenvalue weighted by Gasteiger charge is -2.06. The van der Waals surface area contributed by atoms with Gasteiger partial charge in [0.15, 0.2) is 0 Å². The minimum atomic E-state index is 0.673. The number of allylic oxidation sites excluding steroid dienone is 1. The van der Waals surface area contributed by atoms with Gasteiger partial charge in [-0.15, -0.1) is 0 Å². The maximum absolute atomic E-state index is 5.18. The molecule has 0 aliphatic heterocycles. The predicted octanol–water partition coefficient (Wildman–Crippen LogP) is 4.02. The summed E-state index contributed by atoms with van der Waals surface area (Å²) in [6.45, 7) is 2.85. The number of alkyl halides is 1. The molecule has 0 unspecified atom stereocenters. The zero-order valence-electron chi connectivity index (χ0n) is 9.29. The monoisotopic (exact) mass is 268 g/mol. The summed E-state index contributed by atoms with van der Waals surface area (Å²) in [7, 11) is 1.73. The second kappa shape index (κ2) is 6.81. The highest BCUT2D eigenvalue weighted by molar-refractivity contribution is 9.09. The normalized spacial score (nSPS) is 11.8. The molecule has 1 aromatic carbocycles. The Hall–Kier alpha value is -0.600. The maximum atomic E-state index is 5.18. The molecule has 0 spiro atoms. The Labute approximate surface area is 100 Å². The number of methoxy groups -OCH3 is 1. The highest BCUT2D eigenvalue weighted by atomic mass is 79.9. The van der Waals surface area contributed by atoms with E-state index in [4.69, 9.17) is 4.74 Å². The average molecular weight is 269 g/mol. The van der Waals surface area contributed by atoms with Gasteiger partial charge in [-0.1, -0.05) is 58.8 Å². The van der Waals surface area contributed by atoms with Crippen LogP contribution >= 0.6 is 15.9 Å². The molecule has 1 nitrogen and oxygen atoms in total. The van der Waals surface area contributed by atoms with Gasteiger partial charge in [0.1, 0.15) is 0 Å². The number of hydrogen-bond donors (Lipinski definition) is 0. The van der Waals surface area contributed by atoms with E-state index in [-0.39, 0.29) is 0 Å². The van der Waals surface area contributed by atoms with Gasteiger partial charge in [-0.25, -0.2) is 0 Å². The Morgan fingerprint density at radius 2 is 2.13 bits per heavy atom. The van der Waals surface area contributed by atoms with E-state index in [1.165, 1.54) is 16.7 Å². The molecule has 0 aromatic heterocycles.